The zero-order chi connectivity index (χ0) is 28.6. The molecule has 0 aliphatic carbocycles. The van der Waals surface area contributed by atoms with Crippen molar-refractivity contribution in [2.75, 3.05) is 33.4 Å². The second-order valence-corrected chi connectivity index (χ2v) is 11.0. The Hall–Kier alpha value is -4.22. The molecule has 0 unspecified atom stereocenters. The number of methoxy groups -OCH3 is 1. The standard InChI is InChI=1S/C37H40N2O3/c1-40-37-34-26-33(42-28-30-12-6-4-7-13-30)20-21-35(34)39(36(37)31-14-8-5-9-15-31)27-29-16-18-32(19-17-29)41-25-24-38-22-10-2-3-11-23-38/h4-9,12-21,26H,2-3,10-11,22-25,27-28H2,1H3. The maximum atomic E-state index is 6.18. The average molecular weight is 561 g/mol. The van der Waals surface area contributed by atoms with Crippen LogP contribution in [-0.4, -0.2) is 42.8 Å². The maximum Gasteiger partial charge on any atom is 0.152 e. The van der Waals surface area contributed by atoms with E-state index in [1.54, 1.807) is 7.11 Å². The number of likely N-dealkylation sites (tertiary alicyclic amines) is 1. The predicted molar refractivity (Wildman–Crippen MR) is 171 cm³/mol. The van der Waals surface area contributed by atoms with E-state index >= 15 is 0 Å². The lowest BCUT2D eigenvalue weighted by molar-refractivity contribution is 0.214. The molecule has 1 aliphatic rings. The molecule has 0 N–H and O–H groups in total. The van der Waals surface area contributed by atoms with Crippen LogP contribution in [0.25, 0.3) is 22.2 Å². The molecule has 1 aliphatic heterocycles. The van der Waals surface area contributed by atoms with Gasteiger partial charge < -0.3 is 18.8 Å². The smallest absolute Gasteiger partial charge is 0.152 e. The van der Waals surface area contributed by atoms with E-state index in [9.17, 15) is 0 Å². The quantitative estimate of drug-likeness (QED) is 0.163. The number of hydrogen-bond donors (Lipinski definition) is 0. The normalized spacial score (nSPS) is 14.0. The molecular weight excluding hydrogens is 520 g/mol. The summed E-state index contributed by atoms with van der Waals surface area (Å²) in [5.41, 5.74) is 5.63. The second kappa shape index (κ2) is 13.6. The van der Waals surface area contributed by atoms with Gasteiger partial charge in [0.15, 0.2) is 5.75 Å². The second-order valence-electron chi connectivity index (χ2n) is 11.0. The molecule has 0 bridgehead atoms. The van der Waals surface area contributed by atoms with Crippen molar-refractivity contribution in [3.63, 3.8) is 0 Å². The SMILES string of the molecule is COc1c(-c2ccccc2)n(Cc2ccc(OCCN3CCCCCC3)cc2)c2ccc(OCc3ccccc3)cc12. The Morgan fingerprint density at radius 1 is 0.667 bits per heavy atom. The lowest BCUT2D eigenvalue weighted by atomic mass is 10.1. The summed E-state index contributed by atoms with van der Waals surface area (Å²) in [6, 6.07) is 35.5. The highest BCUT2D eigenvalue weighted by molar-refractivity contribution is 5.96. The lowest BCUT2D eigenvalue weighted by Crippen LogP contribution is -2.29. The first-order valence-electron chi connectivity index (χ1n) is 15.1. The molecule has 1 fully saturated rings. The van der Waals surface area contributed by atoms with E-state index in [0.29, 0.717) is 13.2 Å². The third kappa shape index (κ3) is 6.63. The molecule has 0 saturated carbocycles. The van der Waals surface area contributed by atoms with E-state index in [2.05, 4.69) is 88.3 Å². The zero-order valence-electron chi connectivity index (χ0n) is 24.5. The van der Waals surface area contributed by atoms with Crippen LogP contribution in [0.5, 0.6) is 17.2 Å². The van der Waals surface area contributed by atoms with E-state index in [4.69, 9.17) is 14.2 Å². The summed E-state index contributed by atoms with van der Waals surface area (Å²) >= 11 is 0. The Balaban J connectivity index is 1.23. The number of hydrogen-bond acceptors (Lipinski definition) is 4. The van der Waals surface area contributed by atoms with Gasteiger partial charge in [0.2, 0.25) is 0 Å². The van der Waals surface area contributed by atoms with E-state index in [-0.39, 0.29) is 0 Å². The van der Waals surface area contributed by atoms with Crippen LogP contribution in [0.1, 0.15) is 36.8 Å². The van der Waals surface area contributed by atoms with Crippen LogP contribution < -0.4 is 14.2 Å². The molecule has 1 saturated heterocycles. The number of aromatic nitrogens is 1. The van der Waals surface area contributed by atoms with Crippen molar-refractivity contribution in [3.8, 4) is 28.5 Å². The third-order valence-corrected chi connectivity index (χ3v) is 8.13. The summed E-state index contributed by atoms with van der Waals surface area (Å²) < 4.78 is 20.7. The number of ether oxygens (including phenoxy) is 3. The highest BCUT2D eigenvalue weighted by Crippen LogP contribution is 2.42. The van der Waals surface area contributed by atoms with Crippen LogP contribution in [0.2, 0.25) is 0 Å². The Morgan fingerprint density at radius 3 is 2.07 bits per heavy atom. The number of rotatable bonds is 11. The van der Waals surface area contributed by atoms with Gasteiger partial charge in [0.05, 0.1) is 18.3 Å². The largest absolute Gasteiger partial charge is 0.494 e. The van der Waals surface area contributed by atoms with Gasteiger partial charge >= 0.3 is 0 Å². The van der Waals surface area contributed by atoms with Crippen LogP contribution in [0.4, 0.5) is 0 Å². The molecule has 0 spiro atoms. The highest BCUT2D eigenvalue weighted by atomic mass is 16.5. The van der Waals surface area contributed by atoms with E-state index in [0.717, 1.165) is 58.1 Å². The van der Waals surface area contributed by atoms with Crippen molar-refractivity contribution in [2.24, 2.45) is 0 Å². The van der Waals surface area contributed by atoms with Crippen LogP contribution in [0, 0.1) is 0 Å². The van der Waals surface area contributed by atoms with E-state index in [1.165, 1.54) is 44.3 Å². The molecule has 5 heteroatoms. The van der Waals surface area contributed by atoms with Gasteiger partial charge in [-0.1, -0.05) is 85.6 Å². The van der Waals surface area contributed by atoms with Crippen molar-refractivity contribution in [1.82, 2.24) is 9.47 Å². The molecule has 2 heterocycles. The van der Waals surface area contributed by atoms with Gasteiger partial charge in [0.1, 0.15) is 24.7 Å². The average Bonchev–Trinajstić information content (AvgIpc) is 3.15. The molecule has 5 nitrogen and oxygen atoms in total. The van der Waals surface area contributed by atoms with Crippen molar-refractivity contribution in [2.45, 2.75) is 38.8 Å². The summed E-state index contributed by atoms with van der Waals surface area (Å²) in [6.45, 7) is 5.34. The van der Waals surface area contributed by atoms with Gasteiger partial charge in [-0.25, -0.2) is 0 Å². The highest BCUT2D eigenvalue weighted by Gasteiger charge is 2.20. The Morgan fingerprint density at radius 2 is 1.36 bits per heavy atom. The fraction of sp³-hybridized carbons (Fsp3) is 0.297. The first-order chi connectivity index (χ1) is 20.8. The zero-order valence-corrected chi connectivity index (χ0v) is 24.5. The van der Waals surface area contributed by atoms with Crippen molar-refractivity contribution in [1.29, 1.82) is 0 Å². The minimum absolute atomic E-state index is 0.521. The molecular formula is C37H40N2O3. The summed E-state index contributed by atoms with van der Waals surface area (Å²) in [7, 11) is 1.75. The first kappa shape index (κ1) is 27.9. The predicted octanol–water partition coefficient (Wildman–Crippen LogP) is 8.20. The molecule has 42 heavy (non-hydrogen) atoms. The van der Waals surface area contributed by atoms with Crippen LogP contribution >= 0.6 is 0 Å². The molecule has 216 valence electrons. The first-order valence-corrected chi connectivity index (χ1v) is 15.1. The van der Waals surface area contributed by atoms with Crippen LogP contribution in [0.3, 0.4) is 0 Å². The minimum atomic E-state index is 0.521. The summed E-state index contributed by atoms with van der Waals surface area (Å²) in [6.07, 6.45) is 5.33. The van der Waals surface area contributed by atoms with Gasteiger partial charge in [0, 0.05) is 24.0 Å². The molecule has 0 amide bonds. The summed E-state index contributed by atoms with van der Waals surface area (Å²) in [4.78, 5) is 2.54. The molecule has 0 radical (unpaired) electrons. The molecule has 4 aromatic carbocycles. The molecule has 1 aromatic heterocycles. The van der Waals surface area contributed by atoms with Crippen molar-refractivity contribution < 1.29 is 14.2 Å². The topological polar surface area (TPSA) is 35.9 Å². The van der Waals surface area contributed by atoms with Gasteiger partial charge in [-0.2, -0.15) is 0 Å². The fourth-order valence-electron chi connectivity index (χ4n) is 5.91. The van der Waals surface area contributed by atoms with Crippen molar-refractivity contribution >= 4 is 10.9 Å². The minimum Gasteiger partial charge on any atom is -0.494 e. The van der Waals surface area contributed by atoms with Crippen LogP contribution in [0.15, 0.2) is 103 Å². The number of fused-ring (bicyclic) bond motifs is 1. The van der Waals surface area contributed by atoms with Gasteiger partial charge in [-0.15, -0.1) is 0 Å². The number of benzene rings is 4. The summed E-state index contributed by atoms with van der Waals surface area (Å²) in [5, 5.41) is 1.04. The lowest BCUT2D eigenvalue weighted by Gasteiger charge is -2.19. The van der Waals surface area contributed by atoms with Gasteiger partial charge in [-0.3, -0.25) is 4.90 Å². The monoisotopic (exact) mass is 560 g/mol. The Kier molecular flexibility index (Phi) is 9.06. The maximum absolute atomic E-state index is 6.18. The molecule has 6 rings (SSSR count). The van der Waals surface area contributed by atoms with Crippen molar-refractivity contribution in [3.05, 3.63) is 114 Å². The fourth-order valence-corrected chi connectivity index (χ4v) is 5.91. The van der Waals surface area contributed by atoms with E-state index < -0.39 is 0 Å². The third-order valence-electron chi connectivity index (χ3n) is 8.13. The van der Waals surface area contributed by atoms with Gasteiger partial charge in [0.25, 0.3) is 0 Å². The van der Waals surface area contributed by atoms with Crippen LogP contribution in [-0.2, 0) is 13.2 Å². The Bertz CT molecular complexity index is 1550. The van der Waals surface area contributed by atoms with Gasteiger partial charge in [-0.05, 0) is 67.4 Å². The summed E-state index contributed by atoms with van der Waals surface area (Å²) in [5.74, 6) is 2.60. The number of nitrogens with zero attached hydrogens (tertiary/aromatic N) is 2. The van der Waals surface area contributed by atoms with E-state index in [1.807, 2.05) is 24.3 Å². The molecule has 0 atom stereocenters. The molecule has 5 aromatic rings. The Labute approximate surface area is 249 Å².